The minimum absolute atomic E-state index is 0.0418. The lowest BCUT2D eigenvalue weighted by Gasteiger charge is -2.33. The van der Waals surface area contributed by atoms with Gasteiger partial charge in [0.25, 0.3) is 0 Å². The molecule has 0 bridgehead atoms. The molecule has 2 heterocycles. The number of pyridine rings is 1. The van der Waals surface area contributed by atoms with Gasteiger partial charge in [-0.2, -0.15) is 0 Å². The first-order valence-corrected chi connectivity index (χ1v) is 6.93. The van der Waals surface area contributed by atoms with Crippen molar-refractivity contribution in [2.24, 2.45) is 0 Å². The number of aromatic nitrogens is 1. The van der Waals surface area contributed by atoms with Crippen LogP contribution >= 0.6 is 0 Å². The molecule has 2 rings (SSSR count). The smallest absolute Gasteiger partial charge is 0.0811 e. The number of hydrogen-bond acceptors (Lipinski definition) is 3. The predicted octanol–water partition coefficient (Wildman–Crippen LogP) is 2.34. The Morgan fingerprint density at radius 3 is 2.83 bits per heavy atom. The topological polar surface area (TPSA) is 34.1 Å². The number of aryl methyl sites for hydroxylation is 1. The summed E-state index contributed by atoms with van der Waals surface area (Å²) in [6, 6.07) is 4.65. The molecule has 18 heavy (non-hydrogen) atoms. The summed E-state index contributed by atoms with van der Waals surface area (Å²) in [4.78, 5) is 4.54. The lowest BCUT2D eigenvalue weighted by atomic mass is 9.89. The predicted molar refractivity (Wildman–Crippen MR) is 73.8 cm³/mol. The molecule has 0 saturated carbocycles. The summed E-state index contributed by atoms with van der Waals surface area (Å²) in [6.45, 7) is 5.25. The van der Waals surface area contributed by atoms with Gasteiger partial charge in [-0.3, -0.25) is 4.98 Å². The molecule has 0 amide bonds. The summed E-state index contributed by atoms with van der Waals surface area (Å²) >= 11 is 0. The summed E-state index contributed by atoms with van der Waals surface area (Å²) in [6.07, 6.45) is 6.25. The number of nitrogens with zero attached hydrogens (tertiary/aromatic N) is 1. The molecule has 1 aromatic rings. The Morgan fingerprint density at radius 2 is 2.33 bits per heavy atom. The molecule has 3 nitrogen and oxygen atoms in total. The first-order chi connectivity index (χ1) is 8.68. The third-order valence-corrected chi connectivity index (χ3v) is 4.04. The summed E-state index contributed by atoms with van der Waals surface area (Å²) in [5, 5.41) is 3.40. The fourth-order valence-corrected chi connectivity index (χ4v) is 2.69. The Bertz CT molecular complexity index is 369. The second kappa shape index (κ2) is 5.81. The van der Waals surface area contributed by atoms with Gasteiger partial charge in [-0.05, 0) is 44.9 Å². The average Bonchev–Trinajstić information content (AvgIpc) is 2.84. The van der Waals surface area contributed by atoms with Crippen molar-refractivity contribution in [1.29, 1.82) is 0 Å². The van der Waals surface area contributed by atoms with Gasteiger partial charge in [-0.1, -0.05) is 13.0 Å². The summed E-state index contributed by atoms with van der Waals surface area (Å²) in [7, 11) is 2.01. The molecule has 0 aliphatic carbocycles. The van der Waals surface area contributed by atoms with Crippen molar-refractivity contribution in [2.45, 2.75) is 51.2 Å². The Hall–Kier alpha value is -0.930. The molecule has 2 atom stereocenters. The maximum atomic E-state index is 5.92. The van der Waals surface area contributed by atoms with Crippen molar-refractivity contribution < 1.29 is 4.74 Å². The molecule has 1 aromatic heterocycles. The van der Waals surface area contributed by atoms with Crippen LogP contribution in [0.3, 0.4) is 0 Å². The highest BCUT2D eigenvalue weighted by Crippen LogP contribution is 2.29. The zero-order valence-corrected chi connectivity index (χ0v) is 11.7. The highest BCUT2D eigenvalue weighted by Gasteiger charge is 2.37. The first-order valence-electron chi connectivity index (χ1n) is 6.93. The first kappa shape index (κ1) is 13.5. The van der Waals surface area contributed by atoms with E-state index >= 15 is 0 Å². The van der Waals surface area contributed by atoms with Crippen LogP contribution in [-0.2, 0) is 17.6 Å². The van der Waals surface area contributed by atoms with E-state index in [4.69, 9.17) is 4.74 Å². The number of ether oxygens (including phenoxy) is 1. The van der Waals surface area contributed by atoms with Crippen molar-refractivity contribution in [2.75, 3.05) is 13.7 Å². The van der Waals surface area contributed by atoms with E-state index in [0.29, 0.717) is 6.04 Å². The standard InChI is InChI=1S/C15H24N2O/c1-4-12-6-7-13(17-11-12)10-14(16-3)15(2)8-5-9-18-15/h6-7,11,14,16H,4-5,8-10H2,1-3H3. The van der Waals surface area contributed by atoms with Crippen LogP contribution in [0.1, 0.15) is 37.9 Å². The van der Waals surface area contributed by atoms with E-state index in [2.05, 4.69) is 36.3 Å². The zero-order chi connectivity index (χ0) is 13.0. The molecule has 0 radical (unpaired) electrons. The van der Waals surface area contributed by atoms with Crippen molar-refractivity contribution >= 4 is 0 Å². The summed E-state index contributed by atoms with van der Waals surface area (Å²) < 4.78 is 5.92. The van der Waals surface area contributed by atoms with Gasteiger partial charge in [0.2, 0.25) is 0 Å². The van der Waals surface area contributed by atoms with E-state index in [0.717, 1.165) is 38.0 Å². The van der Waals surface area contributed by atoms with Crippen LogP contribution in [0.4, 0.5) is 0 Å². The number of hydrogen-bond donors (Lipinski definition) is 1. The second-order valence-electron chi connectivity index (χ2n) is 5.32. The van der Waals surface area contributed by atoms with Gasteiger partial charge in [0.05, 0.1) is 5.60 Å². The highest BCUT2D eigenvalue weighted by atomic mass is 16.5. The van der Waals surface area contributed by atoms with Crippen LogP contribution in [0.25, 0.3) is 0 Å². The molecular weight excluding hydrogens is 224 g/mol. The van der Waals surface area contributed by atoms with Crippen LogP contribution < -0.4 is 5.32 Å². The lowest BCUT2D eigenvalue weighted by Crippen LogP contribution is -2.48. The third-order valence-electron chi connectivity index (χ3n) is 4.04. The van der Waals surface area contributed by atoms with Gasteiger partial charge < -0.3 is 10.1 Å². The largest absolute Gasteiger partial charge is 0.374 e. The van der Waals surface area contributed by atoms with E-state index in [1.54, 1.807) is 0 Å². The highest BCUT2D eigenvalue weighted by molar-refractivity contribution is 5.15. The van der Waals surface area contributed by atoms with E-state index in [9.17, 15) is 0 Å². The van der Waals surface area contributed by atoms with E-state index in [1.165, 1.54) is 5.56 Å². The van der Waals surface area contributed by atoms with Gasteiger partial charge in [0.1, 0.15) is 0 Å². The average molecular weight is 248 g/mol. The van der Waals surface area contributed by atoms with E-state index in [-0.39, 0.29) is 5.60 Å². The van der Waals surface area contributed by atoms with Crippen LogP contribution in [0.5, 0.6) is 0 Å². The summed E-state index contributed by atoms with van der Waals surface area (Å²) in [5.41, 5.74) is 2.39. The fourth-order valence-electron chi connectivity index (χ4n) is 2.69. The lowest BCUT2D eigenvalue weighted by molar-refractivity contribution is -0.00967. The van der Waals surface area contributed by atoms with Gasteiger partial charge in [-0.25, -0.2) is 0 Å². The van der Waals surface area contributed by atoms with Gasteiger partial charge in [-0.15, -0.1) is 0 Å². The number of rotatable bonds is 5. The Balaban J connectivity index is 2.05. The second-order valence-corrected chi connectivity index (χ2v) is 5.32. The summed E-state index contributed by atoms with van der Waals surface area (Å²) in [5.74, 6) is 0. The quantitative estimate of drug-likeness (QED) is 0.868. The van der Waals surface area contributed by atoms with Crippen LogP contribution in [0.15, 0.2) is 18.3 Å². The van der Waals surface area contributed by atoms with Crippen molar-refractivity contribution in [1.82, 2.24) is 10.3 Å². The molecule has 3 heteroatoms. The van der Waals surface area contributed by atoms with Crippen molar-refractivity contribution in [3.8, 4) is 0 Å². The van der Waals surface area contributed by atoms with Crippen LogP contribution in [0, 0.1) is 0 Å². The maximum Gasteiger partial charge on any atom is 0.0811 e. The Kier molecular flexibility index (Phi) is 4.36. The molecule has 1 saturated heterocycles. The van der Waals surface area contributed by atoms with Gasteiger partial charge in [0.15, 0.2) is 0 Å². The zero-order valence-electron chi connectivity index (χ0n) is 11.7. The molecule has 100 valence electrons. The molecule has 1 N–H and O–H groups in total. The minimum atomic E-state index is -0.0418. The maximum absolute atomic E-state index is 5.92. The Labute approximate surface area is 110 Å². The minimum Gasteiger partial charge on any atom is -0.374 e. The molecular formula is C15H24N2O. The normalized spacial score (nSPS) is 25.3. The Morgan fingerprint density at radius 1 is 1.50 bits per heavy atom. The number of nitrogens with one attached hydrogen (secondary N) is 1. The van der Waals surface area contributed by atoms with Gasteiger partial charge in [0, 0.05) is 31.0 Å². The van der Waals surface area contributed by atoms with Crippen LogP contribution in [0.2, 0.25) is 0 Å². The number of likely N-dealkylation sites (N-methyl/N-ethyl adjacent to an activating group) is 1. The molecule has 1 aliphatic rings. The van der Waals surface area contributed by atoms with E-state index in [1.807, 2.05) is 13.2 Å². The monoisotopic (exact) mass is 248 g/mol. The fraction of sp³-hybridized carbons (Fsp3) is 0.667. The van der Waals surface area contributed by atoms with Gasteiger partial charge >= 0.3 is 0 Å². The molecule has 2 unspecified atom stereocenters. The van der Waals surface area contributed by atoms with E-state index < -0.39 is 0 Å². The molecule has 0 spiro atoms. The van der Waals surface area contributed by atoms with Crippen molar-refractivity contribution in [3.63, 3.8) is 0 Å². The molecule has 1 fully saturated rings. The molecule has 0 aromatic carbocycles. The SMILES string of the molecule is CCc1ccc(CC(NC)C2(C)CCCO2)nc1. The molecule has 1 aliphatic heterocycles. The van der Waals surface area contributed by atoms with Crippen LogP contribution in [-0.4, -0.2) is 30.3 Å². The third kappa shape index (κ3) is 2.90. The van der Waals surface area contributed by atoms with Crippen molar-refractivity contribution in [3.05, 3.63) is 29.6 Å².